The normalized spacial score (nSPS) is 19.0. The summed E-state index contributed by atoms with van der Waals surface area (Å²) < 4.78 is 2.65. The maximum atomic E-state index is 2.63. The Kier molecular flexibility index (Phi) is 10.5. The van der Waals surface area contributed by atoms with Gasteiger partial charge in [0.15, 0.2) is 0 Å². The molecule has 0 spiro atoms. The number of hydrogen-bond acceptors (Lipinski definition) is 0. The van der Waals surface area contributed by atoms with Crippen molar-refractivity contribution in [2.45, 2.75) is 64.7 Å². The smallest absolute Gasteiger partial charge is 0.147 e. The van der Waals surface area contributed by atoms with Gasteiger partial charge >= 0.3 is 205 Å². The van der Waals surface area contributed by atoms with Crippen LogP contribution in [0.4, 0.5) is 0 Å². The van der Waals surface area contributed by atoms with Gasteiger partial charge in [-0.15, -0.1) is 24.8 Å². The average molecular weight is 591 g/mol. The van der Waals surface area contributed by atoms with E-state index in [4.69, 9.17) is 0 Å². The molecule has 182 valence electrons. The van der Waals surface area contributed by atoms with E-state index >= 15 is 0 Å². The second-order valence-corrected chi connectivity index (χ2v) is 27.7. The van der Waals surface area contributed by atoms with Gasteiger partial charge in [0.05, 0.1) is 0 Å². The molecule has 2 aromatic carbocycles. The molecule has 0 saturated carbocycles. The number of benzene rings is 2. The van der Waals surface area contributed by atoms with Crippen LogP contribution in [-0.4, -0.2) is 5.43 Å². The van der Waals surface area contributed by atoms with Gasteiger partial charge in [-0.05, 0) is 0 Å². The van der Waals surface area contributed by atoms with E-state index in [9.17, 15) is 0 Å². The van der Waals surface area contributed by atoms with Crippen molar-refractivity contribution >= 4 is 36.3 Å². The SMILES string of the molecule is CC1=C(C)C(C)[C]([Zr]([CH]2C(CC(C)C)=Cc3c(-c4ccccc4)cccc32)=[Si](C)C)=C1C.Cl.Cl. The van der Waals surface area contributed by atoms with Gasteiger partial charge in [-0.2, -0.15) is 0 Å². The van der Waals surface area contributed by atoms with Crippen LogP contribution in [0.5, 0.6) is 0 Å². The van der Waals surface area contributed by atoms with Crippen molar-refractivity contribution in [3.63, 3.8) is 0 Å². The zero-order valence-electron chi connectivity index (χ0n) is 22.0. The number of allylic oxidation sites excluding steroid dienone is 5. The second kappa shape index (κ2) is 12.1. The topological polar surface area (TPSA) is 0 Å². The zero-order chi connectivity index (χ0) is 23.2. The molecule has 0 bridgehead atoms. The van der Waals surface area contributed by atoms with E-state index in [-0.39, 0.29) is 30.2 Å². The summed E-state index contributed by atoms with van der Waals surface area (Å²) in [6.07, 6.45) is 3.86. The number of rotatable bonds is 5. The van der Waals surface area contributed by atoms with Crippen LogP contribution < -0.4 is 0 Å². The van der Waals surface area contributed by atoms with Crippen molar-refractivity contribution in [3.05, 3.63) is 85.2 Å². The van der Waals surface area contributed by atoms with Gasteiger partial charge < -0.3 is 0 Å². The molecule has 0 radical (unpaired) electrons. The van der Waals surface area contributed by atoms with Crippen LogP contribution in [0.1, 0.15) is 62.7 Å². The van der Waals surface area contributed by atoms with Crippen molar-refractivity contribution in [1.82, 2.24) is 0 Å². The second-order valence-electron chi connectivity index (χ2n) is 10.4. The molecule has 0 aliphatic heterocycles. The molecule has 0 heterocycles. The number of hydrogen-bond donors (Lipinski definition) is 0. The predicted octanol–water partition coefficient (Wildman–Crippen LogP) is 9.81. The van der Waals surface area contributed by atoms with Crippen LogP contribution in [0.3, 0.4) is 0 Å². The Morgan fingerprint density at radius 3 is 2.06 bits per heavy atom. The van der Waals surface area contributed by atoms with Crippen LogP contribution in [0, 0.1) is 11.8 Å². The first-order valence-corrected chi connectivity index (χ1v) is 21.0. The Hall–Kier alpha value is -0.660. The summed E-state index contributed by atoms with van der Waals surface area (Å²) >= 11 is -1.97. The Balaban J connectivity index is 0.00000204. The van der Waals surface area contributed by atoms with E-state index < -0.39 is 20.4 Å². The molecule has 4 rings (SSSR count). The van der Waals surface area contributed by atoms with Gasteiger partial charge in [0.2, 0.25) is 0 Å². The minimum absolute atomic E-state index is 0. The summed E-state index contributed by atoms with van der Waals surface area (Å²) in [5.74, 6) is 1.36. The van der Waals surface area contributed by atoms with Gasteiger partial charge in [0.25, 0.3) is 0 Å². The fourth-order valence-corrected chi connectivity index (χ4v) is 26.3. The summed E-state index contributed by atoms with van der Waals surface area (Å²) in [5.41, 5.74) is 12.2. The fourth-order valence-electron chi connectivity index (χ4n) is 5.84. The molecule has 0 saturated heterocycles. The van der Waals surface area contributed by atoms with Crippen LogP contribution >= 0.6 is 24.8 Å². The van der Waals surface area contributed by atoms with Crippen LogP contribution in [-0.2, 0) is 20.4 Å². The molecule has 2 aromatic rings. The minimum Gasteiger partial charge on any atom is -0.147 e. The van der Waals surface area contributed by atoms with E-state index in [0.29, 0.717) is 15.5 Å². The summed E-state index contributed by atoms with van der Waals surface area (Å²) in [6, 6.07) is 18.2. The molecule has 0 fully saturated rings. The monoisotopic (exact) mass is 588 g/mol. The third-order valence-corrected chi connectivity index (χ3v) is 26.5. The van der Waals surface area contributed by atoms with Gasteiger partial charge in [0.1, 0.15) is 0 Å². The quantitative estimate of drug-likeness (QED) is 0.304. The maximum absolute atomic E-state index is 2.63. The van der Waals surface area contributed by atoms with Crippen molar-refractivity contribution in [3.8, 4) is 11.1 Å². The van der Waals surface area contributed by atoms with Crippen LogP contribution in [0.2, 0.25) is 13.1 Å². The Morgan fingerprint density at radius 1 is 0.882 bits per heavy atom. The van der Waals surface area contributed by atoms with Gasteiger partial charge in [-0.3, -0.25) is 0 Å². The van der Waals surface area contributed by atoms with Gasteiger partial charge in [0, 0.05) is 0 Å². The third-order valence-electron chi connectivity index (χ3n) is 7.64. The van der Waals surface area contributed by atoms with Crippen molar-refractivity contribution in [2.24, 2.45) is 11.8 Å². The van der Waals surface area contributed by atoms with E-state index in [1.54, 1.807) is 27.9 Å². The molecular weight excluding hydrogens is 551 g/mol. The number of halogens is 2. The van der Waals surface area contributed by atoms with Gasteiger partial charge in [-0.1, -0.05) is 0 Å². The minimum atomic E-state index is -1.97. The largest absolute Gasteiger partial charge is 0.147 e. The molecule has 2 unspecified atom stereocenters. The Labute approximate surface area is 228 Å². The molecule has 2 atom stereocenters. The van der Waals surface area contributed by atoms with E-state index in [1.807, 2.05) is 3.28 Å². The summed E-state index contributed by atoms with van der Waals surface area (Å²) in [7, 11) is 0. The number of fused-ring (bicyclic) bond motifs is 1. The van der Waals surface area contributed by atoms with Crippen molar-refractivity contribution in [1.29, 1.82) is 0 Å². The molecule has 0 N–H and O–H groups in total. The van der Waals surface area contributed by atoms with Gasteiger partial charge in [-0.25, -0.2) is 0 Å². The molecule has 34 heavy (non-hydrogen) atoms. The zero-order valence-corrected chi connectivity index (χ0v) is 27.0. The molecular formula is C30H40Cl2SiZr. The molecule has 2 aliphatic carbocycles. The van der Waals surface area contributed by atoms with Crippen LogP contribution in [0.15, 0.2) is 74.1 Å². The summed E-state index contributed by atoms with van der Waals surface area (Å²) in [5, 5.41) is 0. The molecule has 0 aromatic heterocycles. The standard InChI is InChI=1S/C19H19.C9H13.C2H6Si.2ClH.Zr/c1-14(2)11-15-12-17-9-6-10-18(19(17)13-15)16-7-4-3-5-8-16;1-6-5-7(2)9(4)8(6)3;1-3-2;;;/h3-10,12-14H,11H2,1-2H3;6H,1-4H3;1-2H3;2*1H;. The summed E-state index contributed by atoms with van der Waals surface area (Å²) in [4.78, 5) is 0. The third kappa shape index (κ3) is 5.36. The maximum Gasteiger partial charge on any atom is -0.147 e. The van der Waals surface area contributed by atoms with Crippen molar-refractivity contribution < 1.29 is 20.4 Å². The van der Waals surface area contributed by atoms with E-state index in [2.05, 4.69) is 109 Å². The van der Waals surface area contributed by atoms with Crippen molar-refractivity contribution in [2.75, 3.05) is 0 Å². The molecule has 0 nitrogen and oxygen atoms in total. The first-order valence-electron chi connectivity index (χ1n) is 12.2. The summed E-state index contributed by atoms with van der Waals surface area (Å²) in [6.45, 7) is 19.7. The first-order chi connectivity index (χ1) is 15.2. The average Bonchev–Trinajstić information content (AvgIpc) is 3.20. The fraction of sp³-hybridized carbons (Fsp3) is 0.400. The Morgan fingerprint density at radius 2 is 1.53 bits per heavy atom. The molecule has 4 heteroatoms. The Bertz CT molecular complexity index is 1180. The predicted molar refractivity (Wildman–Crippen MR) is 154 cm³/mol. The van der Waals surface area contributed by atoms with Crippen LogP contribution in [0.25, 0.3) is 17.2 Å². The van der Waals surface area contributed by atoms with E-state index in [0.717, 1.165) is 0 Å². The molecule has 0 amide bonds. The first kappa shape index (κ1) is 29.6. The van der Waals surface area contributed by atoms with E-state index in [1.165, 1.54) is 23.1 Å². The molecule has 2 aliphatic rings.